The van der Waals surface area contributed by atoms with Crippen molar-refractivity contribution in [1.82, 2.24) is 9.88 Å². The SMILES string of the molecule is CCOC(=O)c1[nH]c(C)c(CN(Cc2ccc(C)cc2)C(=O)Nc2cc(OC)cc(OC)c2)c1C. The van der Waals surface area contributed by atoms with Crippen molar-refractivity contribution >= 4 is 17.7 Å². The third kappa shape index (κ3) is 6.35. The number of anilines is 1. The summed E-state index contributed by atoms with van der Waals surface area (Å²) in [6, 6.07) is 13.0. The number of aryl methyl sites for hydroxylation is 2. The number of aromatic nitrogens is 1. The highest BCUT2D eigenvalue weighted by molar-refractivity contribution is 5.91. The highest BCUT2D eigenvalue weighted by Crippen LogP contribution is 2.27. The van der Waals surface area contributed by atoms with Crippen molar-refractivity contribution in [2.45, 2.75) is 40.8 Å². The van der Waals surface area contributed by atoms with Crippen LogP contribution in [-0.2, 0) is 17.8 Å². The lowest BCUT2D eigenvalue weighted by molar-refractivity contribution is 0.0519. The lowest BCUT2D eigenvalue weighted by Crippen LogP contribution is -2.34. The summed E-state index contributed by atoms with van der Waals surface area (Å²) in [6.07, 6.45) is 0. The van der Waals surface area contributed by atoms with Crippen LogP contribution in [0.3, 0.4) is 0 Å². The molecule has 2 aromatic carbocycles. The second-order valence-corrected chi connectivity index (χ2v) is 8.32. The monoisotopic (exact) mass is 479 g/mol. The van der Waals surface area contributed by atoms with Gasteiger partial charge in [0.05, 0.1) is 20.8 Å². The van der Waals surface area contributed by atoms with Gasteiger partial charge in [-0.15, -0.1) is 0 Å². The van der Waals surface area contributed by atoms with Gasteiger partial charge < -0.3 is 29.4 Å². The first-order valence-corrected chi connectivity index (χ1v) is 11.4. The van der Waals surface area contributed by atoms with Gasteiger partial charge in [0.2, 0.25) is 0 Å². The molecule has 0 fully saturated rings. The molecule has 3 rings (SSSR count). The van der Waals surface area contributed by atoms with Gasteiger partial charge in [-0.3, -0.25) is 0 Å². The minimum atomic E-state index is -0.405. The molecule has 0 bridgehead atoms. The van der Waals surface area contributed by atoms with E-state index < -0.39 is 5.97 Å². The Bertz CT molecular complexity index is 1160. The number of H-pyrrole nitrogens is 1. The minimum absolute atomic E-state index is 0.289. The number of benzene rings is 2. The fourth-order valence-electron chi connectivity index (χ4n) is 3.82. The number of hydrogen-bond donors (Lipinski definition) is 2. The maximum atomic E-state index is 13.5. The van der Waals surface area contributed by atoms with Crippen molar-refractivity contribution < 1.29 is 23.8 Å². The summed E-state index contributed by atoms with van der Waals surface area (Å²) < 4.78 is 15.8. The van der Waals surface area contributed by atoms with E-state index in [0.29, 0.717) is 36.0 Å². The van der Waals surface area contributed by atoms with E-state index in [9.17, 15) is 9.59 Å². The second kappa shape index (κ2) is 11.5. The Morgan fingerprint density at radius 1 is 0.943 bits per heavy atom. The van der Waals surface area contributed by atoms with Crippen LogP contribution in [0.4, 0.5) is 10.5 Å². The lowest BCUT2D eigenvalue weighted by Gasteiger charge is -2.24. The molecule has 0 aliphatic heterocycles. The highest BCUT2D eigenvalue weighted by Gasteiger charge is 2.23. The van der Waals surface area contributed by atoms with Crippen molar-refractivity contribution in [2.24, 2.45) is 0 Å². The van der Waals surface area contributed by atoms with E-state index >= 15 is 0 Å². The van der Waals surface area contributed by atoms with Gasteiger partial charge >= 0.3 is 12.0 Å². The summed E-state index contributed by atoms with van der Waals surface area (Å²) in [6.45, 7) is 8.51. The number of amides is 2. The number of carbonyl (C=O) groups excluding carboxylic acids is 2. The normalized spacial score (nSPS) is 10.6. The number of rotatable bonds is 9. The first-order valence-electron chi connectivity index (χ1n) is 11.4. The zero-order valence-electron chi connectivity index (χ0n) is 21.2. The van der Waals surface area contributed by atoms with Crippen LogP contribution in [0, 0.1) is 20.8 Å². The summed E-state index contributed by atoms with van der Waals surface area (Å²) >= 11 is 0. The van der Waals surface area contributed by atoms with Gasteiger partial charge in [0, 0.05) is 42.7 Å². The standard InChI is InChI=1S/C27H33N3O5/c1-7-35-26(31)25-18(3)24(19(4)28-25)16-30(15-20-10-8-17(2)9-11-20)27(32)29-21-12-22(33-5)14-23(13-21)34-6/h8-14,28H,7,15-16H2,1-6H3,(H,29,32). The van der Waals surface area contributed by atoms with Crippen molar-refractivity contribution in [3.05, 3.63) is 76.1 Å². The predicted molar refractivity (Wildman–Crippen MR) is 135 cm³/mol. The van der Waals surface area contributed by atoms with Gasteiger partial charge in [-0.1, -0.05) is 29.8 Å². The Balaban J connectivity index is 1.92. The molecule has 0 aliphatic carbocycles. The molecular weight excluding hydrogens is 446 g/mol. The van der Waals surface area contributed by atoms with Crippen molar-refractivity contribution in [3.63, 3.8) is 0 Å². The molecule has 0 atom stereocenters. The Kier molecular flexibility index (Phi) is 8.41. The van der Waals surface area contributed by atoms with E-state index in [0.717, 1.165) is 27.9 Å². The van der Waals surface area contributed by atoms with Crippen molar-refractivity contribution in [3.8, 4) is 11.5 Å². The molecule has 0 saturated heterocycles. The molecule has 3 aromatic rings. The molecule has 0 spiro atoms. The highest BCUT2D eigenvalue weighted by atomic mass is 16.5. The number of nitrogens with one attached hydrogen (secondary N) is 2. The van der Waals surface area contributed by atoms with Crippen LogP contribution in [0.15, 0.2) is 42.5 Å². The fraction of sp³-hybridized carbons (Fsp3) is 0.333. The van der Waals surface area contributed by atoms with Gasteiger partial charge in [0.15, 0.2) is 0 Å². The first kappa shape index (κ1) is 25.7. The number of ether oxygens (including phenoxy) is 3. The molecule has 35 heavy (non-hydrogen) atoms. The first-order chi connectivity index (χ1) is 16.7. The molecule has 2 N–H and O–H groups in total. The summed E-state index contributed by atoms with van der Waals surface area (Å²) in [5.41, 5.74) is 5.55. The minimum Gasteiger partial charge on any atom is -0.497 e. The Morgan fingerprint density at radius 3 is 2.14 bits per heavy atom. The van der Waals surface area contributed by atoms with E-state index in [1.807, 2.05) is 45.0 Å². The van der Waals surface area contributed by atoms with Crippen LogP contribution in [0.2, 0.25) is 0 Å². The number of nitrogens with zero attached hydrogens (tertiary/aromatic N) is 1. The molecule has 1 heterocycles. The van der Waals surface area contributed by atoms with E-state index in [4.69, 9.17) is 14.2 Å². The summed E-state index contributed by atoms with van der Waals surface area (Å²) in [5, 5.41) is 2.96. The molecule has 0 unspecified atom stereocenters. The number of carbonyl (C=O) groups is 2. The maximum Gasteiger partial charge on any atom is 0.355 e. The molecule has 8 nitrogen and oxygen atoms in total. The van der Waals surface area contributed by atoms with Crippen LogP contribution in [-0.4, -0.2) is 42.7 Å². The quantitative estimate of drug-likeness (QED) is 0.403. The van der Waals surface area contributed by atoms with Crippen molar-refractivity contribution in [1.29, 1.82) is 0 Å². The molecule has 0 saturated carbocycles. The Hall–Kier alpha value is -3.94. The summed E-state index contributed by atoms with van der Waals surface area (Å²) in [5.74, 6) is 0.736. The van der Waals surface area contributed by atoms with Gasteiger partial charge in [0.25, 0.3) is 0 Å². The summed E-state index contributed by atoms with van der Waals surface area (Å²) in [7, 11) is 3.12. The molecule has 2 amide bonds. The molecule has 8 heteroatoms. The number of hydrogen-bond acceptors (Lipinski definition) is 5. The largest absolute Gasteiger partial charge is 0.497 e. The van der Waals surface area contributed by atoms with Crippen LogP contribution >= 0.6 is 0 Å². The van der Waals surface area contributed by atoms with Gasteiger partial charge in [-0.05, 0) is 44.4 Å². The number of esters is 1. The fourth-order valence-corrected chi connectivity index (χ4v) is 3.82. The van der Waals surface area contributed by atoms with Crippen molar-refractivity contribution in [2.75, 3.05) is 26.1 Å². The molecule has 0 aliphatic rings. The second-order valence-electron chi connectivity index (χ2n) is 8.32. The molecule has 0 radical (unpaired) electrons. The lowest BCUT2D eigenvalue weighted by atomic mass is 10.1. The maximum absolute atomic E-state index is 13.5. The van der Waals surface area contributed by atoms with Crippen LogP contribution in [0.25, 0.3) is 0 Å². The number of aromatic amines is 1. The zero-order valence-corrected chi connectivity index (χ0v) is 21.2. The molecule has 1 aromatic heterocycles. The third-order valence-corrected chi connectivity index (χ3v) is 5.81. The van der Waals surface area contributed by atoms with E-state index in [-0.39, 0.29) is 12.6 Å². The van der Waals surface area contributed by atoms with Crippen LogP contribution < -0.4 is 14.8 Å². The Labute approximate surface area is 206 Å². The molecular formula is C27H33N3O5. The van der Waals surface area contributed by atoms with Crippen LogP contribution in [0.5, 0.6) is 11.5 Å². The van der Waals surface area contributed by atoms with Gasteiger partial charge in [-0.2, -0.15) is 0 Å². The summed E-state index contributed by atoms with van der Waals surface area (Å²) in [4.78, 5) is 30.7. The average Bonchev–Trinajstić information content (AvgIpc) is 3.13. The van der Waals surface area contributed by atoms with E-state index in [1.165, 1.54) is 0 Å². The van der Waals surface area contributed by atoms with Gasteiger partial charge in [0.1, 0.15) is 17.2 Å². The number of methoxy groups -OCH3 is 2. The average molecular weight is 480 g/mol. The molecule has 186 valence electrons. The predicted octanol–water partition coefficient (Wildman–Crippen LogP) is 5.37. The zero-order chi connectivity index (χ0) is 25.5. The number of urea groups is 1. The van der Waals surface area contributed by atoms with E-state index in [2.05, 4.69) is 10.3 Å². The smallest absolute Gasteiger partial charge is 0.355 e. The Morgan fingerprint density at radius 2 is 1.57 bits per heavy atom. The van der Waals surface area contributed by atoms with E-state index in [1.54, 1.807) is 44.2 Å². The van der Waals surface area contributed by atoms with Gasteiger partial charge in [-0.25, -0.2) is 9.59 Å². The van der Waals surface area contributed by atoms with Crippen LogP contribution in [0.1, 0.15) is 45.4 Å². The topological polar surface area (TPSA) is 92.9 Å². The third-order valence-electron chi connectivity index (χ3n) is 5.81.